The number of nitrogens with two attached hydrogens (primary N) is 1. The smallest absolute Gasteiger partial charge is 0.224 e. The van der Waals surface area contributed by atoms with E-state index in [0.717, 1.165) is 59.3 Å². The highest BCUT2D eigenvalue weighted by atomic mass is 35.5. The minimum Gasteiger partial charge on any atom is -0.487 e. The molecular formula is C33H33Cl3F2N8O5. The molecule has 0 atom stereocenters. The third kappa shape index (κ3) is 13.3. The number of aliphatic hydroxyl groups excluding tert-OH is 1. The lowest BCUT2D eigenvalue weighted by Crippen LogP contribution is -2.01. The van der Waals surface area contributed by atoms with Crippen LogP contribution >= 0.6 is 34.8 Å². The van der Waals surface area contributed by atoms with Crippen molar-refractivity contribution in [2.24, 2.45) is 0 Å². The van der Waals surface area contributed by atoms with E-state index in [0.29, 0.717) is 30.3 Å². The molecule has 0 unspecified atom stereocenters. The Morgan fingerprint density at radius 2 is 1.24 bits per heavy atom. The fraction of sp³-hybridized carbons (Fsp3) is 0.212. The minimum atomic E-state index is -0.666. The van der Waals surface area contributed by atoms with Gasteiger partial charge >= 0.3 is 0 Å². The summed E-state index contributed by atoms with van der Waals surface area (Å²) in [6, 6.07) is 14.6. The molecule has 4 heterocycles. The van der Waals surface area contributed by atoms with Crippen molar-refractivity contribution in [1.82, 2.24) is 30.2 Å². The molecule has 51 heavy (non-hydrogen) atoms. The SMILES string of the molecule is CO.Cc1cc(COc2ccc(N)cc2C)no1.Cc1cc(COc2ccc(Nc3nc(Cl)ncc3F)cc2C)no1.Fc1cnc(Cl)nc1Cl. The summed E-state index contributed by atoms with van der Waals surface area (Å²) in [7, 11) is 1.00. The Morgan fingerprint density at radius 3 is 1.71 bits per heavy atom. The zero-order valence-electron chi connectivity index (χ0n) is 27.9. The van der Waals surface area contributed by atoms with Gasteiger partial charge in [-0.2, -0.15) is 4.98 Å². The van der Waals surface area contributed by atoms with E-state index in [-0.39, 0.29) is 21.5 Å². The van der Waals surface area contributed by atoms with E-state index in [1.807, 2.05) is 64.1 Å². The maximum atomic E-state index is 13.7. The highest BCUT2D eigenvalue weighted by Crippen LogP contribution is 2.26. The van der Waals surface area contributed by atoms with Gasteiger partial charge in [-0.15, -0.1) is 0 Å². The number of rotatable bonds is 8. The molecular weight excluding hydrogens is 733 g/mol. The lowest BCUT2D eigenvalue weighted by atomic mass is 10.2. The predicted octanol–water partition coefficient (Wildman–Crippen LogP) is 8.18. The van der Waals surface area contributed by atoms with Crippen molar-refractivity contribution in [3.8, 4) is 11.5 Å². The number of nitrogens with zero attached hydrogens (tertiary/aromatic N) is 6. The number of ether oxygens (including phenoxy) is 2. The van der Waals surface area contributed by atoms with Gasteiger partial charge in [-0.1, -0.05) is 21.9 Å². The molecule has 0 aliphatic heterocycles. The van der Waals surface area contributed by atoms with Crippen LogP contribution in [0.4, 0.5) is 26.0 Å². The molecule has 0 aliphatic carbocycles. The van der Waals surface area contributed by atoms with E-state index in [4.69, 9.17) is 64.2 Å². The second kappa shape index (κ2) is 19.9. The van der Waals surface area contributed by atoms with Gasteiger partial charge in [0.2, 0.25) is 10.6 Å². The Bertz CT molecular complexity index is 2020. The highest BCUT2D eigenvalue weighted by Gasteiger charge is 2.09. The molecule has 0 spiro atoms. The first-order chi connectivity index (χ1) is 24.4. The molecule has 2 aromatic carbocycles. The minimum absolute atomic E-state index is 0.0149. The van der Waals surface area contributed by atoms with Crippen molar-refractivity contribution in [3.05, 3.63) is 122 Å². The van der Waals surface area contributed by atoms with Gasteiger partial charge in [-0.3, -0.25) is 0 Å². The highest BCUT2D eigenvalue weighted by molar-refractivity contribution is 6.31. The summed E-state index contributed by atoms with van der Waals surface area (Å²) < 4.78 is 47.1. The number of halogens is 5. The van der Waals surface area contributed by atoms with Crippen LogP contribution in [0.25, 0.3) is 0 Å². The molecule has 6 rings (SSSR count). The van der Waals surface area contributed by atoms with Gasteiger partial charge in [-0.05, 0) is 98.4 Å². The lowest BCUT2D eigenvalue weighted by Gasteiger charge is -2.11. The summed E-state index contributed by atoms with van der Waals surface area (Å²) in [6.45, 7) is 8.23. The summed E-state index contributed by atoms with van der Waals surface area (Å²) in [5.74, 6) is 1.79. The second-order valence-corrected chi connectivity index (χ2v) is 11.2. The number of hydrogen-bond donors (Lipinski definition) is 3. The van der Waals surface area contributed by atoms with Gasteiger partial charge in [0.05, 0.1) is 12.4 Å². The summed E-state index contributed by atoms with van der Waals surface area (Å²) in [5, 5.41) is 17.3. The molecule has 4 N–H and O–H groups in total. The van der Waals surface area contributed by atoms with Gasteiger partial charge in [0.25, 0.3) is 0 Å². The van der Waals surface area contributed by atoms with Gasteiger partial charge in [0.15, 0.2) is 22.6 Å². The third-order valence-electron chi connectivity index (χ3n) is 6.13. The van der Waals surface area contributed by atoms with Crippen LogP contribution in [0, 0.1) is 39.3 Å². The first kappa shape index (κ1) is 40.3. The van der Waals surface area contributed by atoms with E-state index < -0.39 is 11.6 Å². The van der Waals surface area contributed by atoms with E-state index in [9.17, 15) is 8.78 Å². The first-order valence-electron chi connectivity index (χ1n) is 14.7. The van der Waals surface area contributed by atoms with Crippen LogP contribution in [0.3, 0.4) is 0 Å². The Kier molecular flexibility index (Phi) is 15.8. The fourth-order valence-electron chi connectivity index (χ4n) is 3.90. The third-order valence-corrected chi connectivity index (χ3v) is 6.76. The quantitative estimate of drug-likeness (QED) is 0.0768. The van der Waals surface area contributed by atoms with Gasteiger partial charge in [0, 0.05) is 30.6 Å². The Balaban J connectivity index is 0.000000223. The van der Waals surface area contributed by atoms with E-state index >= 15 is 0 Å². The summed E-state index contributed by atoms with van der Waals surface area (Å²) >= 11 is 16.1. The fourth-order valence-corrected chi connectivity index (χ4v) is 4.33. The molecule has 0 fully saturated rings. The zero-order chi connectivity index (χ0) is 37.5. The van der Waals surface area contributed by atoms with Crippen molar-refractivity contribution in [1.29, 1.82) is 0 Å². The van der Waals surface area contributed by atoms with Crippen molar-refractivity contribution >= 4 is 52.0 Å². The first-order valence-corrected chi connectivity index (χ1v) is 15.8. The maximum absolute atomic E-state index is 13.7. The number of aryl methyl sites for hydroxylation is 4. The number of nitrogen functional groups attached to an aromatic ring is 1. The Morgan fingerprint density at radius 1 is 0.725 bits per heavy atom. The number of aliphatic hydroxyl groups is 1. The zero-order valence-corrected chi connectivity index (χ0v) is 30.2. The van der Waals surface area contributed by atoms with Crippen LogP contribution in [0.5, 0.6) is 11.5 Å². The molecule has 6 aromatic rings. The van der Waals surface area contributed by atoms with Gasteiger partial charge in [0.1, 0.15) is 47.6 Å². The number of benzene rings is 2. The molecule has 270 valence electrons. The van der Waals surface area contributed by atoms with Gasteiger partial charge in [-0.25, -0.2) is 23.7 Å². The number of hydrogen-bond acceptors (Lipinski definition) is 13. The van der Waals surface area contributed by atoms with Gasteiger partial charge < -0.3 is 34.7 Å². The van der Waals surface area contributed by atoms with Crippen LogP contribution in [0.1, 0.15) is 34.0 Å². The average Bonchev–Trinajstić information content (AvgIpc) is 3.72. The lowest BCUT2D eigenvalue weighted by molar-refractivity contribution is 0.286. The Labute approximate surface area is 306 Å². The average molecular weight is 766 g/mol. The molecule has 0 aliphatic rings. The Hall–Kier alpha value is -5.09. The van der Waals surface area contributed by atoms with Crippen molar-refractivity contribution in [3.63, 3.8) is 0 Å². The monoisotopic (exact) mass is 764 g/mol. The molecule has 13 nitrogen and oxygen atoms in total. The second-order valence-electron chi connectivity index (χ2n) is 10.2. The molecule has 0 saturated carbocycles. The van der Waals surface area contributed by atoms with Crippen LogP contribution in [0.15, 0.2) is 70.0 Å². The normalized spacial score (nSPS) is 10.1. The number of nitrogens with one attached hydrogen (secondary N) is 1. The predicted molar refractivity (Wildman–Crippen MR) is 188 cm³/mol. The summed E-state index contributed by atoms with van der Waals surface area (Å²) in [5.41, 5.74) is 10.4. The van der Waals surface area contributed by atoms with Crippen molar-refractivity contribution in [2.45, 2.75) is 40.9 Å². The molecule has 0 amide bonds. The summed E-state index contributed by atoms with van der Waals surface area (Å²) in [6.07, 6.45) is 1.93. The standard InChI is InChI=1S/C16H14ClFN4O2.C12H14N2O2.C4HCl2FN2.CH4O/c1-9-5-11(20-15-13(18)7-19-16(17)21-15)3-4-14(9)23-8-12-6-10(2)24-22-12;1-8-5-10(13)3-4-12(8)15-7-11-6-9(2)16-14-11;5-3-2(7)1-8-4(6)9-3;1-2/h3-7H,8H2,1-2H3,(H,19,20,21);3-6H,7,13H2,1-2H3;1H;2H,1H3. The molecule has 0 bridgehead atoms. The van der Waals surface area contributed by atoms with Crippen molar-refractivity contribution in [2.75, 3.05) is 18.2 Å². The van der Waals surface area contributed by atoms with Crippen molar-refractivity contribution < 1.29 is 32.4 Å². The van der Waals surface area contributed by atoms with Crippen LogP contribution in [-0.2, 0) is 13.2 Å². The maximum Gasteiger partial charge on any atom is 0.224 e. The number of aromatic nitrogens is 6. The van der Waals surface area contributed by atoms with Crippen LogP contribution < -0.4 is 20.5 Å². The molecule has 0 radical (unpaired) electrons. The summed E-state index contributed by atoms with van der Waals surface area (Å²) in [4.78, 5) is 14.0. The topological polar surface area (TPSA) is 180 Å². The van der Waals surface area contributed by atoms with E-state index in [2.05, 4.69) is 35.6 Å². The van der Waals surface area contributed by atoms with E-state index in [1.54, 1.807) is 12.1 Å². The van der Waals surface area contributed by atoms with Crippen LogP contribution in [-0.4, -0.2) is 42.5 Å². The number of anilines is 3. The van der Waals surface area contributed by atoms with Crippen LogP contribution in [0.2, 0.25) is 15.7 Å². The largest absolute Gasteiger partial charge is 0.487 e. The molecule has 0 saturated heterocycles. The van der Waals surface area contributed by atoms with E-state index in [1.165, 1.54) is 0 Å². The molecule has 4 aromatic heterocycles. The molecule has 18 heteroatoms.